The lowest BCUT2D eigenvalue weighted by atomic mass is 9.97. The predicted octanol–water partition coefficient (Wildman–Crippen LogP) is 3.21. The zero-order valence-corrected chi connectivity index (χ0v) is 15.3. The van der Waals surface area contributed by atoms with Crippen LogP contribution in [-0.2, 0) is 19.6 Å². The molecule has 1 aromatic rings. The molecule has 2 atom stereocenters. The van der Waals surface area contributed by atoms with Crippen LogP contribution < -0.4 is 0 Å². The van der Waals surface area contributed by atoms with Gasteiger partial charge in [0.1, 0.15) is 18.4 Å². The Morgan fingerprint density at radius 1 is 1.32 bits per heavy atom. The molecule has 25 heavy (non-hydrogen) atoms. The van der Waals surface area contributed by atoms with Gasteiger partial charge >= 0.3 is 6.09 Å². The number of hydrogen-bond donors (Lipinski definition) is 0. The molecule has 0 N–H and O–H groups in total. The summed E-state index contributed by atoms with van der Waals surface area (Å²) in [6.07, 6.45) is 1.06. The third-order valence-electron chi connectivity index (χ3n) is 4.19. The van der Waals surface area contributed by atoms with E-state index in [2.05, 4.69) is 6.58 Å². The molecule has 0 aliphatic carbocycles. The van der Waals surface area contributed by atoms with E-state index in [9.17, 15) is 18.0 Å². The second-order valence-electron chi connectivity index (χ2n) is 6.13. The number of amides is 1. The van der Waals surface area contributed by atoms with E-state index in [-0.39, 0.29) is 11.3 Å². The summed E-state index contributed by atoms with van der Waals surface area (Å²) in [5.41, 5.74) is 1.42. The number of carbonyl (C=O) groups is 2. The van der Waals surface area contributed by atoms with Crippen LogP contribution in [0.3, 0.4) is 0 Å². The Hall–Kier alpha value is -2.15. The molecule has 1 aliphatic heterocycles. The summed E-state index contributed by atoms with van der Waals surface area (Å²) in [5.74, 6) is 0. The van der Waals surface area contributed by atoms with E-state index in [0.717, 1.165) is 22.6 Å². The average Bonchev–Trinajstić information content (AvgIpc) is 2.90. The van der Waals surface area contributed by atoms with E-state index in [1.165, 1.54) is 12.1 Å². The van der Waals surface area contributed by atoms with E-state index >= 15 is 0 Å². The van der Waals surface area contributed by atoms with Gasteiger partial charge in [0.05, 0.1) is 4.90 Å². The van der Waals surface area contributed by atoms with E-state index < -0.39 is 28.3 Å². The van der Waals surface area contributed by atoms with Crippen molar-refractivity contribution in [1.82, 2.24) is 4.31 Å². The zero-order chi connectivity index (χ0) is 18.6. The quantitative estimate of drug-likeness (QED) is 0.522. The molecule has 1 aliphatic rings. The molecular formula is C18H23NO5S. The fraction of sp³-hybridized carbons (Fsp3) is 0.444. The molecule has 1 amide bonds. The van der Waals surface area contributed by atoms with Gasteiger partial charge in [-0.25, -0.2) is 13.2 Å². The highest BCUT2D eigenvalue weighted by Gasteiger charge is 2.49. The van der Waals surface area contributed by atoms with Gasteiger partial charge in [-0.15, -0.1) is 0 Å². The van der Waals surface area contributed by atoms with Crippen molar-refractivity contribution in [3.05, 3.63) is 42.0 Å². The van der Waals surface area contributed by atoms with Crippen molar-refractivity contribution in [3.63, 3.8) is 0 Å². The van der Waals surface area contributed by atoms with Gasteiger partial charge in [-0.05, 0) is 37.5 Å². The number of carbonyl (C=O) groups excluding carboxylic acids is 2. The summed E-state index contributed by atoms with van der Waals surface area (Å²) in [4.78, 5) is 23.0. The molecule has 0 aromatic heterocycles. The molecule has 1 fully saturated rings. The molecule has 7 heteroatoms. The topological polar surface area (TPSA) is 80.8 Å². The summed E-state index contributed by atoms with van der Waals surface area (Å²) in [7, 11) is -4.07. The highest BCUT2D eigenvalue weighted by atomic mass is 32.2. The normalized spacial score (nSPS) is 20.4. The van der Waals surface area contributed by atoms with Crippen molar-refractivity contribution >= 4 is 22.4 Å². The zero-order valence-electron chi connectivity index (χ0n) is 14.5. The molecule has 2 rings (SSSR count). The standard InChI is InChI=1S/C18H23NO5S/c1-4-6-16-17(14(3)7-5-12-20)19(18(21)24-16)25(22,23)15-10-8-13(2)9-11-15/h8-12,16-17H,3-7H2,1-2H3. The average molecular weight is 365 g/mol. The Morgan fingerprint density at radius 3 is 2.52 bits per heavy atom. The lowest BCUT2D eigenvalue weighted by molar-refractivity contribution is -0.107. The van der Waals surface area contributed by atoms with Gasteiger partial charge in [0.25, 0.3) is 10.0 Å². The molecule has 1 aromatic carbocycles. The number of benzene rings is 1. The van der Waals surface area contributed by atoms with E-state index in [1.54, 1.807) is 12.1 Å². The van der Waals surface area contributed by atoms with Gasteiger partial charge < -0.3 is 9.53 Å². The summed E-state index contributed by atoms with van der Waals surface area (Å²) in [6.45, 7) is 7.69. The first kappa shape index (κ1) is 19.2. The number of rotatable bonds is 8. The van der Waals surface area contributed by atoms with Crippen molar-refractivity contribution in [2.75, 3.05) is 0 Å². The first-order chi connectivity index (χ1) is 11.8. The highest BCUT2D eigenvalue weighted by molar-refractivity contribution is 7.89. The molecule has 0 radical (unpaired) electrons. The van der Waals surface area contributed by atoms with Crippen molar-refractivity contribution < 1.29 is 22.7 Å². The lowest BCUT2D eigenvalue weighted by Crippen LogP contribution is -2.42. The summed E-state index contributed by atoms with van der Waals surface area (Å²) >= 11 is 0. The maximum atomic E-state index is 13.0. The number of aldehydes is 1. The van der Waals surface area contributed by atoms with Crippen LogP contribution in [0.5, 0.6) is 0 Å². The molecule has 2 unspecified atom stereocenters. The first-order valence-corrected chi connectivity index (χ1v) is 9.70. The second kappa shape index (κ2) is 7.82. The Bertz CT molecular complexity index is 754. The smallest absolute Gasteiger partial charge is 0.424 e. The van der Waals surface area contributed by atoms with Crippen LogP contribution in [0.15, 0.2) is 41.3 Å². The molecule has 1 saturated heterocycles. The lowest BCUT2D eigenvalue weighted by Gasteiger charge is -2.26. The Balaban J connectivity index is 2.43. The monoisotopic (exact) mass is 365 g/mol. The maximum Gasteiger partial charge on any atom is 0.424 e. The molecule has 1 heterocycles. The summed E-state index contributed by atoms with van der Waals surface area (Å²) < 4.78 is 32.1. The molecule has 0 saturated carbocycles. The molecule has 0 bridgehead atoms. The Morgan fingerprint density at radius 2 is 1.96 bits per heavy atom. The van der Waals surface area contributed by atoms with Crippen LogP contribution >= 0.6 is 0 Å². The van der Waals surface area contributed by atoms with E-state index in [0.29, 0.717) is 18.4 Å². The van der Waals surface area contributed by atoms with Gasteiger partial charge in [0, 0.05) is 6.42 Å². The fourth-order valence-corrected chi connectivity index (χ4v) is 4.43. The minimum absolute atomic E-state index is 0.0281. The van der Waals surface area contributed by atoms with Crippen molar-refractivity contribution in [3.8, 4) is 0 Å². The van der Waals surface area contributed by atoms with Crippen molar-refractivity contribution in [2.45, 2.75) is 56.6 Å². The van der Waals surface area contributed by atoms with Gasteiger partial charge in [-0.3, -0.25) is 0 Å². The van der Waals surface area contributed by atoms with Crippen LogP contribution in [-0.4, -0.2) is 37.2 Å². The SMILES string of the molecule is C=C(CCC=O)C1C(CCC)OC(=O)N1S(=O)(=O)c1ccc(C)cc1. The highest BCUT2D eigenvalue weighted by Crippen LogP contribution is 2.34. The number of aryl methyl sites for hydroxylation is 1. The van der Waals surface area contributed by atoms with Gasteiger partial charge in [0.2, 0.25) is 0 Å². The number of sulfonamides is 1. The van der Waals surface area contributed by atoms with Crippen LogP contribution in [0.2, 0.25) is 0 Å². The van der Waals surface area contributed by atoms with Crippen LogP contribution in [0, 0.1) is 6.92 Å². The molecule has 6 nitrogen and oxygen atoms in total. The number of hydrogen-bond acceptors (Lipinski definition) is 5. The van der Waals surface area contributed by atoms with Gasteiger partial charge in [0.15, 0.2) is 0 Å². The predicted molar refractivity (Wildman–Crippen MR) is 93.6 cm³/mol. The van der Waals surface area contributed by atoms with Crippen molar-refractivity contribution in [1.29, 1.82) is 0 Å². The summed E-state index contributed by atoms with van der Waals surface area (Å²) in [6, 6.07) is 5.49. The minimum Gasteiger partial charge on any atom is -0.443 e. The maximum absolute atomic E-state index is 13.0. The Kier molecular flexibility index (Phi) is 6.00. The number of cyclic esters (lactones) is 1. The second-order valence-corrected chi connectivity index (χ2v) is 7.95. The van der Waals surface area contributed by atoms with Crippen LogP contribution in [0.25, 0.3) is 0 Å². The third-order valence-corrected chi connectivity index (χ3v) is 5.95. The van der Waals surface area contributed by atoms with Crippen molar-refractivity contribution in [2.24, 2.45) is 0 Å². The third kappa shape index (κ3) is 3.92. The van der Waals surface area contributed by atoms with Gasteiger partial charge in [-0.2, -0.15) is 4.31 Å². The fourth-order valence-electron chi connectivity index (χ4n) is 2.90. The Labute approximate surface area is 148 Å². The number of ether oxygens (including phenoxy) is 1. The van der Waals surface area contributed by atoms with E-state index in [4.69, 9.17) is 4.74 Å². The van der Waals surface area contributed by atoms with Crippen LogP contribution in [0.4, 0.5) is 4.79 Å². The first-order valence-electron chi connectivity index (χ1n) is 8.26. The molecular weight excluding hydrogens is 342 g/mol. The number of nitrogens with zero attached hydrogens (tertiary/aromatic N) is 1. The van der Waals surface area contributed by atoms with E-state index in [1.807, 2.05) is 13.8 Å². The van der Waals surface area contributed by atoms with Crippen LogP contribution in [0.1, 0.15) is 38.2 Å². The molecule has 136 valence electrons. The largest absolute Gasteiger partial charge is 0.443 e. The van der Waals surface area contributed by atoms with Gasteiger partial charge in [-0.1, -0.05) is 37.6 Å². The summed E-state index contributed by atoms with van der Waals surface area (Å²) in [5, 5.41) is 0. The minimum atomic E-state index is -4.07. The molecule has 0 spiro atoms.